The number of carbonyl (C=O) groups is 1. The van der Waals surface area contributed by atoms with Gasteiger partial charge in [-0.2, -0.15) is 0 Å². The normalized spacial score (nSPS) is 31.6. The van der Waals surface area contributed by atoms with Crippen LogP contribution in [-0.4, -0.2) is 47.8 Å². The van der Waals surface area contributed by atoms with Crippen LogP contribution in [0, 0.1) is 5.82 Å². The van der Waals surface area contributed by atoms with Gasteiger partial charge in [0.1, 0.15) is 5.82 Å². The van der Waals surface area contributed by atoms with Crippen LogP contribution in [0.2, 0.25) is 5.02 Å². The van der Waals surface area contributed by atoms with E-state index in [4.69, 9.17) is 16.4 Å². The molecule has 3 aliphatic heterocycles. The Morgan fingerprint density at radius 3 is 2.76 bits per heavy atom. The van der Waals surface area contributed by atoms with E-state index in [9.17, 15) is 9.18 Å². The lowest BCUT2D eigenvalue weighted by Crippen LogP contribution is -2.50. The van der Waals surface area contributed by atoms with Crippen LogP contribution < -0.4 is 5.32 Å². The number of nitrogens with zero attached hydrogens (tertiary/aromatic N) is 2. The largest absolute Gasteiger partial charge is 0.382 e. The van der Waals surface area contributed by atoms with Crippen LogP contribution in [0.5, 0.6) is 0 Å². The van der Waals surface area contributed by atoms with Crippen LogP contribution in [0.3, 0.4) is 0 Å². The summed E-state index contributed by atoms with van der Waals surface area (Å²) in [5.74, 6) is -0.636. The summed E-state index contributed by atoms with van der Waals surface area (Å²) in [5, 5.41) is 7.27. The van der Waals surface area contributed by atoms with Gasteiger partial charge in [0.05, 0.1) is 16.3 Å². The zero-order chi connectivity index (χ0) is 17.6. The van der Waals surface area contributed by atoms with Gasteiger partial charge in [-0.1, -0.05) is 22.8 Å². The van der Waals surface area contributed by atoms with E-state index in [0.717, 1.165) is 12.8 Å². The first-order chi connectivity index (χ1) is 12.0. The van der Waals surface area contributed by atoms with Crippen LogP contribution in [-0.2, 0) is 9.63 Å². The van der Waals surface area contributed by atoms with Crippen molar-refractivity contribution in [3.8, 4) is 0 Å². The molecule has 2 fully saturated rings. The van der Waals surface area contributed by atoms with E-state index < -0.39 is 11.9 Å². The molecule has 134 valence electrons. The SMILES string of the molecule is CN1C2CCC1CC(NC(=O)C1CC(c3c(F)cccc3Cl)=NO1)C2. The summed E-state index contributed by atoms with van der Waals surface area (Å²) in [4.78, 5) is 20.2. The second-order valence-electron chi connectivity index (χ2n) is 7.16. The molecule has 0 saturated carbocycles. The fourth-order valence-corrected chi connectivity index (χ4v) is 4.53. The highest BCUT2D eigenvalue weighted by Gasteiger charge is 2.40. The van der Waals surface area contributed by atoms with Crippen molar-refractivity contribution in [2.45, 2.75) is 56.3 Å². The molecule has 0 aromatic heterocycles. The molecule has 0 spiro atoms. The maximum absolute atomic E-state index is 14.0. The Kier molecular flexibility index (Phi) is 4.41. The highest BCUT2D eigenvalue weighted by molar-refractivity contribution is 6.34. The summed E-state index contributed by atoms with van der Waals surface area (Å²) in [6.45, 7) is 0. The third-order valence-corrected chi connectivity index (χ3v) is 5.97. The molecule has 4 rings (SSSR count). The number of amides is 1. The first-order valence-corrected chi connectivity index (χ1v) is 9.10. The van der Waals surface area contributed by atoms with Crippen LogP contribution in [0.25, 0.3) is 0 Å². The first kappa shape index (κ1) is 16.8. The van der Waals surface area contributed by atoms with Crippen molar-refractivity contribution in [3.63, 3.8) is 0 Å². The highest BCUT2D eigenvalue weighted by Crippen LogP contribution is 2.34. The fraction of sp³-hybridized carbons (Fsp3) is 0.556. The quantitative estimate of drug-likeness (QED) is 0.896. The van der Waals surface area contributed by atoms with Crippen molar-refractivity contribution < 1.29 is 14.0 Å². The van der Waals surface area contributed by atoms with Gasteiger partial charge in [-0.25, -0.2) is 4.39 Å². The van der Waals surface area contributed by atoms with Crippen molar-refractivity contribution in [3.05, 3.63) is 34.6 Å². The number of halogens is 2. The van der Waals surface area contributed by atoms with E-state index >= 15 is 0 Å². The molecule has 5 nitrogen and oxygen atoms in total. The Morgan fingerprint density at radius 2 is 2.08 bits per heavy atom. The van der Waals surface area contributed by atoms with E-state index in [2.05, 4.69) is 22.4 Å². The lowest BCUT2D eigenvalue weighted by molar-refractivity contribution is -0.132. The monoisotopic (exact) mass is 365 g/mol. The Balaban J connectivity index is 1.37. The maximum atomic E-state index is 14.0. The Hall–Kier alpha value is -1.66. The Bertz CT molecular complexity index is 692. The van der Waals surface area contributed by atoms with Crippen LogP contribution in [0.15, 0.2) is 23.4 Å². The van der Waals surface area contributed by atoms with E-state index in [0.29, 0.717) is 17.8 Å². The second kappa shape index (κ2) is 6.57. The van der Waals surface area contributed by atoms with Gasteiger partial charge < -0.3 is 15.1 Å². The number of piperidine rings is 1. The lowest BCUT2D eigenvalue weighted by atomic mass is 9.97. The Labute approximate surface area is 151 Å². The van der Waals surface area contributed by atoms with Crippen molar-refractivity contribution >= 4 is 23.2 Å². The number of benzene rings is 1. The summed E-state index contributed by atoms with van der Waals surface area (Å²) in [6, 6.07) is 5.74. The molecule has 0 aliphatic carbocycles. The number of hydrogen-bond donors (Lipinski definition) is 1. The fourth-order valence-electron chi connectivity index (χ4n) is 4.26. The molecule has 2 saturated heterocycles. The smallest absolute Gasteiger partial charge is 0.264 e. The molecule has 1 aromatic carbocycles. The number of hydrogen-bond acceptors (Lipinski definition) is 4. The molecule has 3 heterocycles. The zero-order valence-electron chi connectivity index (χ0n) is 14.0. The summed E-state index contributed by atoms with van der Waals surface area (Å²) >= 11 is 6.06. The summed E-state index contributed by atoms with van der Waals surface area (Å²) < 4.78 is 14.0. The topological polar surface area (TPSA) is 53.9 Å². The lowest BCUT2D eigenvalue weighted by Gasteiger charge is -2.36. The van der Waals surface area contributed by atoms with Gasteiger partial charge >= 0.3 is 0 Å². The minimum absolute atomic E-state index is 0.172. The van der Waals surface area contributed by atoms with Crippen molar-refractivity contribution in [1.82, 2.24) is 10.2 Å². The van der Waals surface area contributed by atoms with Gasteiger partial charge in [0.15, 0.2) is 0 Å². The van der Waals surface area contributed by atoms with Gasteiger partial charge in [-0.15, -0.1) is 0 Å². The van der Waals surface area contributed by atoms with Crippen LogP contribution >= 0.6 is 11.6 Å². The minimum Gasteiger partial charge on any atom is -0.382 e. The third kappa shape index (κ3) is 3.13. The highest BCUT2D eigenvalue weighted by atomic mass is 35.5. The van der Waals surface area contributed by atoms with Gasteiger partial charge in [0, 0.05) is 24.5 Å². The van der Waals surface area contributed by atoms with Crippen molar-refractivity contribution in [2.75, 3.05) is 7.05 Å². The van der Waals surface area contributed by atoms with E-state index in [-0.39, 0.29) is 29.0 Å². The molecule has 1 aromatic rings. The molecule has 0 radical (unpaired) electrons. The standard InChI is InChI=1S/C18H21ClFN3O2/c1-23-11-5-6-12(23)8-10(7-11)21-18(24)16-9-15(22-25-16)17-13(19)3-2-4-14(17)20/h2-4,10-12,16H,5-9H2,1H3,(H,21,24). The van der Waals surface area contributed by atoms with E-state index in [1.165, 1.54) is 25.0 Å². The van der Waals surface area contributed by atoms with E-state index in [1.807, 2.05) is 0 Å². The molecular formula is C18H21ClFN3O2. The molecule has 25 heavy (non-hydrogen) atoms. The molecule has 3 unspecified atom stereocenters. The molecule has 3 atom stereocenters. The third-order valence-electron chi connectivity index (χ3n) is 5.66. The number of carbonyl (C=O) groups excluding carboxylic acids is 1. The molecular weight excluding hydrogens is 345 g/mol. The van der Waals surface area contributed by atoms with Gasteiger partial charge in [-0.3, -0.25) is 4.79 Å². The van der Waals surface area contributed by atoms with Gasteiger partial charge in [-0.05, 0) is 44.9 Å². The molecule has 1 N–H and O–H groups in total. The second-order valence-corrected chi connectivity index (χ2v) is 7.57. The summed E-state index contributed by atoms with van der Waals surface area (Å²) in [7, 11) is 2.17. The number of fused-ring (bicyclic) bond motifs is 2. The average Bonchev–Trinajstić information content (AvgIpc) is 3.11. The molecule has 7 heteroatoms. The Morgan fingerprint density at radius 1 is 1.36 bits per heavy atom. The molecule has 2 bridgehead atoms. The predicted octanol–water partition coefficient (Wildman–Crippen LogP) is 2.71. The van der Waals surface area contributed by atoms with Crippen molar-refractivity contribution in [2.24, 2.45) is 5.16 Å². The zero-order valence-corrected chi connectivity index (χ0v) is 14.8. The maximum Gasteiger partial charge on any atom is 0.264 e. The predicted molar refractivity (Wildman–Crippen MR) is 93.2 cm³/mol. The molecule has 1 amide bonds. The number of rotatable bonds is 3. The van der Waals surface area contributed by atoms with Gasteiger partial charge in [0.25, 0.3) is 5.91 Å². The summed E-state index contributed by atoms with van der Waals surface area (Å²) in [6.07, 6.45) is 3.85. The van der Waals surface area contributed by atoms with Crippen LogP contribution in [0.4, 0.5) is 4.39 Å². The average molecular weight is 366 g/mol. The first-order valence-electron chi connectivity index (χ1n) is 8.72. The van der Waals surface area contributed by atoms with Crippen LogP contribution in [0.1, 0.15) is 37.7 Å². The van der Waals surface area contributed by atoms with E-state index in [1.54, 1.807) is 6.07 Å². The van der Waals surface area contributed by atoms with Crippen molar-refractivity contribution in [1.29, 1.82) is 0 Å². The van der Waals surface area contributed by atoms with Gasteiger partial charge in [0.2, 0.25) is 6.10 Å². The number of nitrogens with one attached hydrogen (secondary N) is 1. The molecule has 3 aliphatic rings. The minimum atomic E-state index is -0.719. The number of oxime groups is 1. The summed E-state index contributed by atoms with van der Waals surface area (Å²) in [5.41, 5.74) is 0.600.